The van der Waals surface area contributed by atoms with Crippen molar-refractivity contribution in [2.24, 2.45) is 23.7 Å². The van der Waals surface area contributed by atoms with Crippen LogP contribution in [0, 0.1) is 23.7 Å². The smallest absolute Gasteiger partial charge is 0.408 e. The van der Waals surface area contributed by atoms with Crippen LogP contribution in [-0.4, -0.2) is 126 Å². The molecule has 2 aromatic carbocycles. The molecule has 1 aliphatic heterocycles. The van der Waals surface area contributed by atoms with E-state index in [4.69, 9.17) is 9.47 Å². The number of rotatable bonds is 25. The predicted molar refractivity (Wildman–Crippen MR) is 271 cm³/mol. The quantitative estimate of drug-likeness (QED) is 0.0709. The fourth-order valence-electron chi connectivity index (χ4n) is 8.18. The van der Waals surface area contributed by atoms with Crippen LogP contribution in [-0.2, 0) is 60.7 Å². The minimum atomic E-state index is -1.17. The van der Waals surface area contributed by atoms with Crippen molar-refractivity contribution in [2.75, 3.05) is 20.2 Å². The summed E-state index contributed by atoms with van der Waals surface area (Å²) >= 11 is 0. The molecule has 7 N–H and O–H groups in total. The molecule has 0 radical (unpaired) electrons. The van der Waals surface area contributed by atoms with E-state index in [1.54, 1.807) is 97.0 Å². The molecule has 398 valence electrons. The first-order valence-electron chi connectivity index (χ1n) is 25.0. The summed E-state index contributed by atoms with van der Waals surface area (Å²) in [4.78, 5) is 124. The molecule has 19 heteroatoms. The Morgan fingerprint density at radius 3 is 1.47 bits per heavy atom. The van der Waals surface area contributed by atoms with Crippen molar-refractivity contribution in [2.45, 2.75) is 163 Å². The van der Waals surface area contributed by atoms with Crippen molar-refractivity contribution < 1.29 is 52.6 Å². The van der Waals surface area contributed by atoms with Gasteiger partial charge >= 0.3 is 12.1 Å². The lowest BCUT2D eigenvalue weighted by Gasteiger charge is -2.32. The Morgan fingerprint density at radius 2 is 1.04 bits per heavy atom. The summed E-state index contributed by atoms with van der Waals surface area (Å²) in [5, 5.41) is 19.1. The first-order chi connectivity index (χ1) is 33.8. The number of alkyl carbamates (subject to hydrolysis) is 1. The van der Waals surface area contributed by atoms with Crippen LogP contribution in [0.2, 0.25) is 0 Å². The normalized spacial score (nSPS) is 16.1. The lowest BCUT2D eigenvalue weighted by Crippen LogP contribution is -2.60. The second-order valence-electron chi connectivity index (χ2n) is 21.0. The lowest BCUT2D eigenvalue weighted by atomic mass is 9.99. The molecule has 19 nitrogen and oxygen atoms in total. The van der Waals surface area contributed by atoms with Crippen LogP contribution >= 0.6 is 0 Å². The number of nitrogens with one attached hydrogen (secondary N) is 7. The molecule has 0 bridgehead atoms. The highest BCUT2D eigenvalue weighted by Crippen LogP contribution is 2.21. The number of ether oxygens (including phenoxy) is 2. The Balaban J connectivity index is 1.75. The summed E-state index contributed by atoms with van der Waals surface area (Å²) in [6.07, 6.45) is 0.548. The second-order valence-corrected chi connectivity index (χ2v) is 21.0. The molecule has 7 atom stereocenters. The maximum absolute atomic E-state index is 14.4. The molecule has 1 fully saturated rings. The van der Waals surface area contributed by atoms with Crippen molar-refractivity contribution in [3.8, 4) is 0 Å². The first-order valence-corrected chi connectivity index (χ1v) is 25.0. The van der Waals surface area contributed by atoms with E-state index in [1.165, 1.54) is 12.0 Å². The maximum Gasteiger partial charge on any atom is 0.408 e. The van der Waals surface area contributed by atoms with Crippen molar-refractivity contribution >= 4 is 53.4 Å². The molecule has 0 spiro atoms. The molecule has 1 saturated heterocycles. The number of carbonyl (C=O) groups excluding carboxylic acids is 9. The average molecular weight is 1010 g/mol. The number of benzene rings is 2. The Bertz CT molecular complexity index is 2150. The van der Waals surface area contributed by atoms with Crippen LogP contribution < -0.4 is 37.2 Å². The number of hydrogen-bond donors (Lipinski definition) is 7. The van der Waals surface area contributed by atoms with Gasteiger partial charge in [0.05, 0.1) is 13.7 Å². The summed E-state index contributed by atoms with van der Waals surface area (Å²) in [5.74, 6) is -5.86. The predicted octanol–water partition coefficient (Wildman–Crippen LogP) is 3.47. The molecule has 0 aliphatic carbocycles. The van der Waals surface area contributed by atoms with E-state index in [0.29, 0.717) is 6.42 Å². The molecular formula is C53H80N8O11. The largest absolute Gasteiger partial charge is 0.467 e. The van der Waals surface area contributed by atoms with E-state index in [0.717, 1.165) is 11.1 Å². The molecule has 0 unspecified atom stereocenters. The zero-order chi connectivity index (χ0) is 53.9. The molecule has 1 aliphatic rings. The third kappa shape index (κ3) is 19.9. The van der Waals surface area contributed by atoms with Crippen LogP contribution in [0.5, 0.6) is 0 Å². The van der Waals surface area contributed by atoms with Gasteiger partial charge in [-0.3, -0.25) is 33.6 Å². The van der Waals surface area contributed by atoms with E-state index < -0.39 is 114 Å². The SMILES string of the molecule is COC(=O)[C@@H](NC(=O)[C@H](Cc1ccccc1)NC(=O)[C@H](CC(C)C)NC(=O)CNC(=O)[C@H]1CCCN1C(=O)[C@@H](NC(=O)[C@H](Cc1ccccc1)NC(=O)[C@H](CC(C)C)NC(=O)OC(C)(C)C)C(C)C)C(C)C. The zero-order valence-corrected chi connectivity index (χ0v) is 44.2. The van der Waals surface area contributed by atoms with Gasteiger partial charge in [0.2, 0.25) is 41.4 Å². The molecule has 8 amide bonds. The van der Waals surface area contributed by atoms with Gasteiger partial charge in [0.15, 0.2) is 0 Å². The highest BCUT2D eigenvalue weighted by molar-refractivity contribution is 5.97. The van der Waals surface area contributed by atoms with Crippen molar-refractivity contribution in [3.63, 3.8) is 0 Å². The number of carbonyl (C=O) groups is 9. The van der Waals surface area contributed by atoms with Gasteiger partial charge in [-0.25, -0.2) is 9.59 Å². The standard InChI is InChI=1S/C53H80N8O11/c1-31(2)26-37(45(63)56-40(29-36-22-17-14-18-23-36)48(66)60-44(34(7)8)51(69)71-12)55-42(62)30-54-49(67)41-24-19-25-61(41)50(68)43(33(5)6)59-47(65)39(28-35-20-15-13-16-21-35)57-46(64)38(27-32(3)4)58-52(70)72-53(9,10)11/h13-18,20-23,31-34,37-41,43-44H,19,24-30H2,1-12H3,(H,54,67)(H,55,62)(H,56,63)(H,57,64)(H,58,70)(H,59,65)(H,60,66)/t37-,38-,39-,40-,41+,43-,44-/m0/s1. The third-order valence-electron chi connectivity index (χ3n) is 11.8. The van der Waals surface area contributed by atoms with E-state index in [1.807, 2.05) is 39.8 Å². The zero-order valence-electron chi connectivity index (χ0n) is 44.2. The van der Waals surface area contributed by atoms with E-state index in [2.05, 4.69) is 37.2 Å². The molecule has 0 saturated carbocycles. The van der Waals surface area contributed by atoms with Gasteiger partial charge in [0, 0.05) is 19.4 Å². The molecular weight excluding hydrogens is 925 g/mol. The highest BCUT2D eigenvalue weighted by atomic mass is 16.6. The first kappa shape index (κ1) is 59.8. The summed E-state index contributed by atoms with van der Waals surface area (Å²) < 4.78 is 10.3. The molecule has 3 rings (SSSR count). The minimum Gasteiger partial charge on any atom is -0.467 e. The minimum absolute atomic E-state index is 0.0156. The van der Waals surface area contributed by atoms with Gasteiger partial charge in [0.1, 0.15) is 47.9 Å². The Labute approximate surface area is 425 Å². The fourth-order valence-corrected chi connectivity index (χ4v) is 8.18. The molecule has 2 aromatic rings. The van der Waals surface area contributed by atoms with Gasteiger partial charge in [0.25, 0.3) is 0 Å². The van der Waals surface area contributed by atoms with Crippen LogP contribution in [0.25, 0.3) is 0 Å². The van der Waals surface area contributed by atoms with Crippen LogP contribution in [0.4, 0.5) is 4.79 Å². The summed E-state index contributed by atoms with van der Waals surface area (Å²) in [6.45, 7) is 19.3. The Morgan fingerprint density at radius 1 is 0.597 bits per heavy atom. The molecule has 1 heterocycles. The van der Waals surface area contributed by atoms with Gasteiger partial charge in [-0.1, -0.05) is 116 Å². The molecule has 0 aromatic heterocycles. The lowest BCUT2D eigenvalue weighted by molar-refractivity contribution is -0.146. The van der Waals surface area contributed by atoms with Crippen LogP contribution in [0.15, 0.2) is 60.7 Å². The summed E-state index contributed by atoms with van der Waals surface area (Å²) in [6, 6.07) is 10.5. The topological polar surface area (TPSA) is 260 Å². The monoisotopic (exact) mass is 1000 g/mol. The second kappa shape index (κ2) is 28.5. The van der Waals surface area contributed by atoms with Gasteiger partial charge in [-0.05, 0) is 81.3 Å². The van der Waals surface area contributed by atoms with Crippen molar-refractivity contribution in [3.05, 3.63) is 71.8 Å². The number of likely N-dealkylation sites (tertiary alicyclic amines) is 1. The average Bonchev–Trinajstić information content (AvgIpc) is 3.80. The fraction of sp³-hybridized carbons (Fsp3) is 0.604. The molecule has 72 heavy (non-hydrogen) atoms. The highest BCUT2D eigenvalue weighted by Gasteiger charge is 2.40. The maximum atomic E-state index is 14.4. The number of hydrogen-bond acceptors (Lipinski definition) is 11. The number of amides is 8. The van der Waals surface area contributed by atoms with Gasteiger partial charge in [-0.2, -0.15) is 0 Å². The van der Waals surface area contributed by atoms with Crippen LogP contribution in [0.1, 0.15) is 113 Å². The Hall–Kier alpha value is -6.53. The summed E-state index contributed by atoms with van der Waals surface area (Å²) in [7, 11) is 1.22. The van der Waals surface area contributed by atoms with Crippen molar-refractivity contribution in [1.29, 1.82) is 0 Å². The summed E-state index contributed by atoms with van der Waals surface area (Å²) in [5.41, 5.74) is 0.653. The number of methoxy groups -OCH3 is 1. The number of nitrogens with zero attached hydrogens (tertiary/aromatic N) is 1. The van der Waals surface area contributed by atoms with E-state index >= 15 is 0 Å². The number of esters is 1. The van der Waals surface area contributed by atoms with E-state index in [-0.39, 0.29) is 56.4 Å². The van der Waals surface area contributed by atoms with Gasteiger partial charge < -0.3 is 51.6 Å². The van der Waals surface area contributed by atoms with Crippen molar-refractivity contribution in [1.82, 2.24) is 42.1 Å². The van der Waals surface area contributed by atoms with Crippen LogP contribution in [0.3, 0.4) is 0 Å². The third-order valence-corrected chi connectivity index (χ3v) is 11.8. The Kier molecular flexibility index (Phi) is 23.7. The van der Waals surface area contributed by atoms with Gasteiger partial charge in [-0.15, -0.1) is 0 Å². The van der Waals surface area contributed by atoms with E-state index in [9.17, 15) is 43.2 Å².